The van der Waals surface area contributed by atoms with Crippen LogP contribution in [0.1, 0.15) is 22.7 Å². The molecule has 2 aliphatic rings. The van der Waals surface area contributed by atoms with Crippen molar-refractivity contribution >= 4 is 34.7 Å². The molecule has 190 valence electrons. The van der Waals surface area contributed by atoms with Crippen molar-refractivity contribution in [2.24, 2.45) is 0 Å². The number of ether oxygens (including phenoxy) is 4. The lowest BCUT2D eigenvalue weighted by atomic mass is 9.94. The Bertz CT molecular complexity index is 1430. The molecule has 0 aromatic heterocycles. The summed E-state index contributed by atoms with van der Waals surface area (Å²) in [7, 11) is 2.96. The first-order valence-electron chi connectivity index (χ1n) is 11.5. The molecule has 0 bridgehead atoms. The molecule has 37 heavy (non-hydrogen) atoms. The monoisotopic (exact) mass is 521 g/mol. The standard InChI is InChI=1S/C28H24ClNO7/c1-15-12-19(27(35-3)20(29)13-15)25(31)23-24(16-4-7-18(34-2)8-5-16)30(28(33)26(23)32)17-6-9-21-22(14-17)37-11-10-36-21/h4-9,12-14,24,31H,10-11H2,1-3H3/b25-23+. The predicted octanol–water partition coefficient (Wildman–Crippen LogP) is 5.06. The van der Waals surface area contributed by atoms with Crippen molar-refractivity contribution in [3.8, 4) is 23.0 Å². The van der Waals surface area contributed by atoms with Gasteiger partial charge in [0.25, 0.3) is 11.7 Å². The molecule has 1 saturated heterocycles. The number of aliphatic hydroxyl groups excluding tert-OH is 1. The van der Waals surface area contributed by atoms with Gasteiger partial charge in [0.05, 0.1) is 36.4 Å². The van der Waals surface area contributed by atoms with Gasteiger partial charge >= 0.3 is 0 Å². The van der Waals surface area contributed by atoms with E-state index in [2.05, 4.69) is 0 Å². The van der Waals surface area contributed by atoms with E-state index in [1.165, 1.54) is 12.0 Å². The summed E-state index contributed by atoms with van der Waals surface area (Å²) in [6.45, 7) is 2.59. The number of nitrogens with zero attached hydrogens (tertiary/aromatic N) is 1. The smallest absolute Gasteiger partial charge is 0.300 e. The van der Waals surface area contributed by atoms with E-state index in [9.17, 15) is 14.7 Å². The summed E-state index contributed by atoms with van der Waals surface area (Å²) in [5, 5.41) is 11.8. The molecule has 3 aromatic carbocycles. The molecule has 0 spiro atoms. The zero-order valence-electron chi connectivity index (χ0n) is 20.4. The molecule has 5 rings (SSSR count). The third kappa shape index (κ3) is 4.23. The molecule has 1 fully saturated rings. The zero-order valence-corrected chi connectivity index (χ0v) is 21.2. The van der Waals surface area contributed by atoms with Crippen LogP contribution in [-0.4, -0.2) is 44.2 Å². The number of carbonyl (C=O) groups is 2. The first-order chi connectivity index (χ1) is 17.8. The molecular formula is C28H24ClNO7. The normalized spacial score (nSPS) is 18.2. The summed E-state index contributed by atoms with van der Waals surface area (Å²) in [5.41, 5.74) is 1.88. The van der Waals surface area contributed by atoms with Crippen molar-refractivity contribution < 1.29 is 33.6 Å². The summed E-state index contributed by atoms with van der Waals surface area (Å²) in [5.74, 6) is -0.208. The van der Waals surface area contributed by atoms with Crippen LogP contribution >= 0.6 is 11.6 Å². The third-order valence-corrected chi connectivity index (χ3v) is 6.61. The number of aliphatic hydroxyl groups is 1. The number of halogens is 1. The van der Waals surface area contributed by atoms with E-state index in [-0.39, 0.29) is 27.7 Å². The minimum Gasteiger partial charge on any atom is -0.507 e. The van der Waals surface area contributed by atoms with Crippen LogP contribution in [-0.2, 0) is 9.59 Å². The van der Waals surface area contributed by atoms with Crippen LogP contribution in [0.25, 0.3) is 5.76 Å². The van der Waals surface area contributed by atoms with Gasteiger partial charge in [0.1, 0.15) is 30.5 Å². The quantitative estimate of drug-likeness (QED) is 0.285. The Labute approximate surface area is 218 Å². The molecule has 2 heterocycles. The first kappa shape index (κ1) is 24.5. The number of aryl methyl sites for hydroxylation is 1. The number of methoxy groups -OCH3 is 2. The van der Waals surface area contributed by atoms with E-state index < -0.39 is 17.7 Å². The van der Waals surface area contributed by atoms with Crippen molar-refractivity contribution in [2.45, 2.75) is 13.0 Å². The molecule has 0 saturated carbocycles. The van der Waals surface area contributed by atoms with Crippen LogP contribution < -0.4 is 23.8 Å². The molecule has 1 atom stereocenters. The molecule has 1 amide bonds. The number of amides is 1. The highest BCUT2D eigenvalue weighted by Crippen LogP contribution is 2.46. The van der Waals surface area contributed by atoms with Crippen LogP contribution in [0.2, 0.25) is 5.02 Å². The largest absolute Gasteiger partial charge is 0.507 e. The van der Waals surface area contributed by atoms with Gasteiger partial charge in [-0.3, -0.25) is 14.5 Å². The minimum atomic E-state index is -0.947. The number of Topliss-reactive ketones (excluding diaryl/α,β-unsaturated/α-hetero) is 1. The highest BCUT2D eigenvalue weighted by Gasteiger charge is 2.47. The lowest BCUT2D eigenvalue weighted by molar-refractivity contribution is -0.132. The summed E-state index contributed by atoms with van der Waals surface area (Å²) in [6.07, 6.45) is 0. The second-order valence-corrected chi connectivity index (χ2v) is 9.00. The van der Waals surface area contributed by atoms with Crippen molar-refractivity contribution in [3.05, 3.63) is 81.9 Å². The number of benzene rings is 3. The third-order valence-electron chi connectivity index (χ3n) is 6.33. The Hall–Kier alpha value is -4.17. The van der Waals surface area contributed by atoms with E-state index in [0.29, 0.717) is 41.7 Å². The van der Waals surface area contributed by atoms with Crippen LogP contribution in [0.3, 0.4) is 0 Å². The van der Waals surface area contributed by atoms with Crippen LogP contribution in [0.15, 0.2) is 60.2 Å². The van der Waals surface area contributed by atoms with Gasteiger partial charge in [-0.15, -0.1) is 0 Å². The van der Waals surface area contributed by atoms with Gasteiger partial charge in [-0.2, -0.15) is 0 Å². The summed E-state index contributed by atoms with van der Waals surface area (Å²) in [6, 6.07) is 14.4. The van der Waals surface area contributed by atoms with Gasteiger partial charge in [-0.05, 0) is 54.4 Å². The second kappa shape index (κ2) is 9.71. The van der Waals surface area contributed by atoms with Crippen LogP contribution in [0.5, 0.6) is 23.0 Å². The molecule has 3 aromatic rings. The fourth-order valence-corrected chi connectivity index (χ4v) is 4.99. The maximum absolute atomic E-state index is 13.5. The molecule has 1 N–H and O–H groups in total. The summed E-state index contributed by atoms with van der Waals surface area (Å²) >= 11 is 6.37. The number of anilines is 1. The maximum Gasteiger partial charge on any atom is 0.300 e. The highest BCUT2D eigenvalue weighted by atomic mass is 35.5. The number of hydrogen-bond donors (Lipinski definition) is 1. The first-order valence-corrected chi connectivity index (χ1v) is 11.9. The fourth-order valence-electron chi connectivity index (χ4n) is 4.64. The van der Waals surface area contributed by atoms with Gasteiger partial charge in [0.15, 0.2) is 11.5 Å². The van der Waals surface area contributed by atoms with E-state index in [1.54, 1.807) is 68.6 Å². The molecule has 0 aliphatic carbocycles. The molecule has 2 aliphatic heterocycles. The number of fused-ring (bicyclic) bond motifs is 1. The lowest BCUT2D eigenvalue weighted by Gasteiger charge is -2.27. The Kier molecular flexibility index (Phi) is 6.43. The average Bonchev–Trinajstić information content (AvgIpc) is 3.17. The molecule has 1 unspecified atom stereocenters. The summed E-state index contributed by atoms with van der Waals surface area (Å²) < 4.78 is 22.0. The SMILES string of the molecule is COc1ccc(C2/C(=C(\O)c3cc(C)cc(Cl)c3OC)C(=O)C(=O)N2c2ccc3c(c2)OCCO3)cc1. The van der Waals surface area contributed by atoms with Gasteiger partial charge in [0.2, 0.25) is 0 Å². The van der Waals surface area contributed by atoms with E-state index >= 15 is 0 Å². The number of rotatable bonds is 5. The topological polar surface area (TPSA) is 94.5 Å². The second-order valence-electron chi connectivity index (χ2n) is 8.60. The van der Waals surface area contributed by atoms with Gasteiger partial charge in [0, 0.05) is 11.8 Å². The van der Waals surface area contributed by atoms with E-state index in [1.807, 2.05) is 0 Å². The van der Waals surface area contributed by atoms with E-state index in [0.717, 1.165) is 5.56 Å². The molecule has 8 nitrogen and oxygen atoms in total. The van der Waals surface area contributed by atoms with E-state index in [4.69, 9.17) is 30.5 Å². The van der Waals surface area contributed by atoms with Gasteiger partial charge < -0.3 is 24.1 Å². The van der Waals surface area contributed by atoms with Crippen LogP contribution in [0, 0.1) is 6.92 Å². The maximum atomic E-state index is 13.5. The minimum absolute atomic E-state index is 0.0926. The number of hydrogen-bond acceptors (Lipinski definition) is 7. The average molecular weight is 522 g/mol. The number of ketones is 1. The van der Waals surface area contributed by atoms with Crippen molar-refractivity contribution in [2.75, 3.05) is 32.3 Å². The molecule has 9 heteroatoms. The van der Waals surface area contributed by atoms with Crippen molar-refractivity contribution in [1.82, 2.24) is 0 Å². The lowest BCUT2D eigenvalue weighted by Crippen LogP contribution is -2.29. The van der Waals surface area contributed by atoms with Gasteiger partial charge in [-0.1, -0.05) is 23.7 Å². The van der Waals surface area contributed by atoms with Crippen molar-refractivity contribution in [3.63, 3.8) is 0 Å². The van der Waals surface area contributed by atoms with Gasteiger partial charge in [-0.25, -0.2) is 0 Å². The Morgan fingerprint density at radius 3 is 2.35 bits per heavy atom. The van der Waals surface area contributed by atoms with Crippen molar-refractivity contribution in [1.29, 1.82) is 0 Å². The zero-order chi connectivity index (χ0) is 26.3. The summed E-state index contributed by atoms with van der Waals surface area (Å²) in [4.78, 5) is 28.3. The Morgan fingerprint density at radius 2 is 1.68 bits per heavy atom. The Balaban J connectivity index is 1.73. The molecular weight excluding hydrogens is 498 g/mol. The van der Waals surface area contributed by atoms with Crippen LogP contribution in [0.4, 0.5) is 5.69 Å². The highest BCUT2D eigenvalue weighted by molar-refractivity contribution is 6.51. The predicted molar refractivity (Wildman–Crippen MR) is 138 cm³/mol. The Morgan fingerprint density at radius 1 is 0.973 bits per heavy atom. The molecule has 0 radical (unpaired) electrons. The number of carbonyl (C=O) groups excluding carboxylic acids is 2. The fraction of sp³-hybridized carbons (Fsp3) is 0.214.